The molecule has 1 aromatic carbocycles. The molecule has 3 N–H and O–H groups in total. The van der Waals surface area contributed by atoms with Gasteiger partial charge in [-0.2, -0.15) is 4.98 Å². The van der Waals surface area contributed by atoms with E-state index in [0.717, 1.165) is 24.8 Å². The summed E-state index contributed by atoms with van der Waals surface area (Å²) in [6.45, 7) is 1.84. The molecule has 0 bridgehead atoms. The lowest BCUT2D eigenvalue weighted by Gasteiger charge is -2.24. The number of aliphatic hydroxyl groups is 1. The Bertz CT molecular complexity index is 1350. The highest BCUT2D eigenvalue weighted by atomic mass is 35.5. The van der Waals surface area contributed by atoms with E-state index in [1.54, 1.807) is 6.07 Å². The molecule has 2 unspecified atom stereocenters. The molecule has 3 fully saturated rings. The molecule has 7 rings (SSSR count). The van der Waals surface area contributed by atoms with E-state index in [-0.39, 0.29) is 36.7 Å². The van der Waals surface area contributed by atoms with Crippen molar-refractivity contribution in [3.8, 4) is 11.8 Å². The van der Waals surface area contributed by atoms with Crippen molar-refractivity contribution in [2.45, 2.75) is 62.2 Å². The Balaban J connectivity index is 1.07. The number of benzene rings is 1. The van der Waals surface area contributed by atoms with Crippen molar-refractivity contribution in [3.63, 3.8) is 0 Å². The maximum Gasteiger partial charge on any atom is 0.296 e. The van der Waals surface area contributed by atoms with E-state index >= 15 is 4.39 Å². The lowest BCUT2D eigenvalue weighted by atomic mass is 10.1. The van der Waals surface area contributed by atoms with Crippen molar-refractivity contribution in [2.75, 3.05) is 31.7 Å². The van der Waals surface area contributed by atoms with E-state index < -0.39 is 18.3 Å². The molecule has 0 spiro atoms. The monoisotopic (exact) mass is 546 g/mol. The van der Waals surface area contributed by atoms with Crippen molar-refractivity contribution in [1.29, 1.82) is 0 Å². The number of pyridine rings is 1. The third kappa shape index (κ3) is 4.46. The van der Waals surface area contributed by atoms with Gasteiger partial charge in [0, 0.05) is 24.5 Å². The molecule has 5 atom stereocenters. The van der Waals surface area contributed by atoms with Gasteiger partial charge in [-0.1, -0.05) is 11.6 Å². The summed E-state index contributed by atoms with van der Waals surface area (Å²) in [5.74, 6) is 0.680. The van der Waals surface area contributed by atoms with Crippen LogP contribution < -0.4 is 14.8 Å². The Labute approximate surface area is 222 Å². The van der Waals surface area contributed by atoms with Gasteiger partial charge in [-0.3, -0.25) is 0 Å². The number of hydrogen-bond acceptors (Lipinski definition) is 9. The SMILES string of the molecule is O[C@@H]1CO[C@H]2C1OC[C@H]2Oc1nc2nc(NC3CCc4cc(OC5CCOCC5)cc(F)c43)c(Cl)cc2[nH]1. The topological polar surface area (TPSA) is 120 Å². The molecular weight excluding hydrogens is 519 g/mol. The van der Waals surface area contributed by atoms with Crippen molar-refractivity contribution in [1.82, 2.24) is 15.0 Å². The van der Waals surface area contributed by atoms with Crippen molar-refractivity contribution < 1.29 is 33.2 Å². The summed E-state index contributed by atoms with van der Waals surface area (Å²) in [5, 5.41) is 13.6. The Morgan fingerprint density at radius 3 is 2.76 bits per heavy atom. The molecule has 3 saturated heterocycles. The molecule has 4 aliphatic rings. The molecule has 10 nitrogen and oxygen atoms in total. The Morgan fingerprint density at radius 1 is 1.05 bits per heavy atom. The number of aliphatic hydroxyl groups excluding tert-OH is 1. The highest BCUT2D eigenvalue weighted by Crippen LogP contribution is 2.40. The number of aromatic amines is 1. The zero-order chi connectivity index (χ0) is 25.8. The number of anilines is 1. The predicted molar refractivity (Wildman–Crippen MR) is 134 cm³/mol. The van der Waals surface area contributed by atoms with E-state index in [0.29, 0.717) is 59.6 Å². The van der Waals surface area contributed by atoms with Gasteiger partial charge >= 0.3 is 0 Å². The summed E-state index contributed by atoms with van der Waals surface area (Å²) in [4.78, 5) is 12.1. The molecule has 202 valence electrons. The van der Waals surface area contributed by atoms with Crippen LogP contribution in [0.2, 0.25) is 5.02 Å². The van der Waals surface area contributed by atoms with Crippen LogP contribution in [0.5, 0.6) is 11.8 Å². The van der Waals surface area contributed by atoms with Crippen LogP contribution in [-0.4, -0.2) is 77.0 Å². The van der Waals surface area contributed by atoms with E-state index in [1.807, 2.05) is 6.07 Å². The van der Waals surface area contributed by atoms with Gasteiger partial charge in [-0.25, -0.2) is 9.37 Å². The zero-order valence-electron chi connectivity index (χ0n) is 20.5. The first kappa shape index (κ1) is 24.3. The fourth-order valence-electron chi connectivity index (χ4n) is 5.79. The van der Waals surface area contributed by atoms with Gasteiger partial charge in [0.05, 0.1) is 43.0 Å². The third-order valence-corrected chi connectivity index (χ3v) is 7.96. The summed E-state index contributed by atoms with van der Waals surface area (Å²) in [7, 11) is 0. The highest BCUT2D eigenvalue weighted by molar-refractivity contribution is 6.33. The van der Waals surface area contributed by atoms with E-state index in [4.69, 9.17) is 35.3 Å². The van der Waals surface area contributed by atoms with Gasteiger partial charge in [-0.15, -0.1) is 0 Å². The van der Waals surface area contributed by atoms with Crippen molar-refractivity contribution in [2.24, 2.45) is 0 Å². The average Bonchev–Trinajstić information content (AvgIpc) is 3.67. The second kappa shape index (κ2) is 9.80. The zero-order valence-corrected chi connectivity index (χ0v) is 21.2. The number of ether oxygens (including phenoxy) is 5. The van der Waals surface area contributed by atoms with Crippen LogP contribution in [0.1, 0.15) is 36.4 Å². The molecule has 0 radical (unpaired) electrons. The summed E-state index contributed by atoms with van der Waals surface area (Å²) in [6, 6.07) is 5.10. The lowest BCUT2D eigenvalue weighted by Crippen LogP contribution is -2.34. The Hall–Kier alpha value is -2.70. The van der Waals surface area contributed by atoms with Gasteiger partial charge in [0.1, 0.15) is 41.8 Å². The summed E-state index contributed by atoms with van der Waals surface area (Å²) in [5.41, 5.74) is 2.55. The van der Waals surface area contributed by atoms with Crippen LogP contribution in [0.4, 0.5) is 10.2 Å². The minimum absolute atomic E-state index is 0.0499. The standard InChI is InChI=1S/C26H28ClFN4O6/c27-15-9-18-25(32-26(30-18)38-20-11-36-22-19(33)10-35-23(20)22)31-24(15)29-17-2-1-12-7-14(8-16(28)21(12)17)37-13-3-5-34-6-4-13/h7-9,13,17,19-20,22-23,33H,1-6,10-11H2,(H2,29,30,31,32)/t17?,19-,20-,22?,23-/m1/s1. The molecule has 1 aliphatic carbocycles. The first-order valence-electron chi connectivity index (χ1n) is 13.0. The van der Waals surface area contributed by atoms with Gasteiger partial charge in [0.25, 0.3) is 6.01 Å². The van der Waals surface area contributed by atoms with Crippen LogP contribution >= 0.6 is 11.6 Å². The number of H-pyrrole nitrogens is 1. The molecule has 2 aromatic heterocycles. The number of nitrogens with zero attached hydrogens (tertiary/aromatic N) is 2. The summed E-state index contributed by atoms with van der Waals surface area (Å²) in [6.07, 6.45) is 1.28. The van der Waals surface area contributed by atoms with Crippen LogP contribution in [0, 0.1) is 5.82 Å². The maximum absolute atomic E-state index is 15.3. The lowest BCUT2D eigenvalue weighted by molar-refractivity contribution is 0.00706. The molecule has 12 heteroatoms. The largest absolute Gasteiger partial charge is 0.490 e. The van der Waals surface area contributed by atoms with Crippen LogP contribution in [0.3, 0.4) is 0 Å². The summed E-state index contributed by atoms with van der Waals surface area (Å²) < 4.78 is 43.9. The predicted octanol–water partition coefficient (Wildman–Crippen LogP) is 3.31. The fraction of sp³-hybridized carbons (Fsp3) is 0.538. The minimum Gasteiger partial charge on any atom is -0.490 e. The van der Waals surface area contributed by atoms with E-state index in [9.17, 15) is 5.11 Å². The van der Waals surface area contributed by atoms with Crippen LogP contribution in [0.25, 0.3) is 11.2 Å². The van der Waals surface area contributed by atoms with Crippen LogP contribution in [-0.2, 0) is 20.6 Å². The number of imidazole rings is 1. The second-order valence-electron chi connectivity index (χ2n) is 10.2. The molecule has 38 heavy (non-hydrogen) atoms. The quantitative estimate of drug-likeness (QED) is 0.427. The minimum atomic E-state index is -0.657. The van der Waals surface area contributed by atoms with Gasteiger partial charge in [-0.05, 0) is 30.5 Å². The van der Waals surface area contributed by atoms with Gasteiger partial charge in [0.15, 0.2) is 11.8 Å². The Morgan fingerprint density at radius 2 is 1.89 bits per heavy atom. The molecule has 3 aromatic rings. The van der Waals surface area contributed by atoms with E-state index in [2.05, 4.69) is 20.3 Å². The molecule has 5 heterocycles. The first-order chi connectivity index (χ1) is 18.5. The summed E-state index contributed by atoms with van der Waals surface area (Å²) >= 11 is 6.55. The number of aromatic nitrogens is 3. The average molecular weight is 547 g/mol. The van der Waals surface area contributed by atoms with Gasteiger partial charge in [0.2, 0.25) is 0 Å². The number of rotatable bonds is 6. The fourth-order valence-corrected chi connectivity index (χ4v) is 6.00. The normalized spacial score (nSPS) is 29.0. The Kier molecular flexibility index (Phi) is 6.28. The van der Waals surface area contributed by atoms with Gasteiger partial charge < -0.3 is 39.1 Å². The van der Waals surface area contributed by atoms with Crippen LogP contribution in [0.15, 0.2) is 18.2 Å². The smallest absolute Gasteiger partial charge is 0.296 e. The van der Waals surface area contributed by atoms with Crippen molar-refractivity contribution in [3.05, 3.63) is 40.2 Å². The number of hydrogen-bond donors (Lipinski definition) is 3. The second-order valence-corrected chi connectivity index (χ2v) is 10.6. The molecular formula is C26H28ClFN4O6. The third-order valence-electron chi connectivity index (χ3n) is 7.67. The number of fused-ring (bicyclic) bond motifs is 3. The molecule has 0 saturated carbocycles. The van der Waals surface area contributed by atoms with Crippen molar-refractivity contribution >= 4 is 28.6 Å². The van der Waals surface area contributed by atoms with E-state index in [1.165, 1.54) is 6.07 Å². The number of halogens is 2. The number of nitrogens with one attached hydrogen (secondary N) is 2. The first-order valence-corrected chi connectivity index (χ1v) is 13.4. The highest BCUT2D eigenvalue weighted by Gasteiger charge is 2.48. The number of aryl methyl sites for hydroxylation is 1. The molecule has 0 amide bonds. The maximum atomic E-state index is 15.3. The molecule has 3 aliphatic heterocycles.